The summed E-state index contributed by atoms with van der Waals surface area (Å²) in [7, 11) is 6.18. The Morgan fingerprint density at radius 2 is 1.68 bits per heavy atom. The van der Waals surface area contributed by atoms with E-state index in [1.54, 1.807) is 0 Å². The first kappa shape index (κ1) is 20.7. The first-order valence-electron chi connectivity index (χ1n) is 11.6. The summed E-state index contributed by atoms with van der Waals surface area (Å²) in [5.41, 5.74) is 6.66. The van der Waals surface area contributed by atoms with Crippen molar-refractivity contribution in [1.29, 1.82) is 0 Å². The number of fused-ring (bicyclic) bond motifs is 2. The summed E-state index contributed by atoms with van der Waals surface area (Å²) in [6, 6.07) is 17.9. The summed E-state index contributed by atoms with van der Waals surface area (Å²) in [5, 5.41) is 8.82. The Balaban J connectivity index is 1.54. The van der Waals surface area contributed by atoms with E-state index in [0.717, 1.165) is 65.4 Å². The van der Waals surface area contributed by atoms with E-state index in [1.807, 2.05) is 50.5 Å². The standard InChI is InChI=1S/C27H27N5O2/c1-30(2)18-10-8-17(9-11-18)28-21-16-22(32-14-12-31(3)13-15-32)25-24-23(21)26(33)19-6-4-5-7-20(19)27(24)34-29-25/h4-11,16,28H,12-15H2,1-3H3. The Hall–Kier alpha value is -3.84. The maximum Gasteiger partial charge on any atom is 0.196 e. The lowest BCUT2D eigenvalue weighted by atomic mass is 9.86. The minimum atomic E-state index is -0.00589. The quantitative estimate of drug-likeness (QED) is 0.427. The second-order valence-electron chi connectivity index (χ2n) is 9.28. The van der Waals surface area contributed by atoms with E-state index in [0.29, 0.717) is 16.9 Å². The summed E-state index contributed by atoms with van der Waals surface area (Å²) in [6.07, 6.45) is 0. The van der Waals surface area contributed by atoms with Crippen LogP contribution >= 0.6 is 0 Å². The Kier molecular flexibility index (Phi) is 4.81. The molecule has 1 saturated heterocycles. The molecule has 0 unspecified atom stereocenters. The molecule has 7 nitrogen and oxygen atoms in total. The molecule has 1 aliphatic heterocycles. The predicted octanol–water partition coefficient (Wildman–Crippen LogP) is 4.60. The van der Waals surface area contributed by atoms with Crippen LogP contribution in [-0.2, 0) is 0 Å². The number of hydrogen-bond acceptors (Lipinski definition) is 7. The van der Waals surface area contributed by atoms with Crippen LogP contribution in [0.4, 0.5) is 22.7 Å². The SMILES string of the molecule is CN1CCN(c2cc(Nc3ccc(N(C)C)cc3)c3c4c(onc24)-c2ccccc2C3=O)CC1. The van der Waals surface area contributed by atoms with Gasteiger partial charge in [-0.2, -0.15) is 0 Å². The van der Waals surface area contributed by atoms with E-state index in [2.05, 4.69) is 50.4 Å². The van der Waals surface area contributed by atoms with Gasteiger partial charge in [-0.05, 0) is 37.4 Å². The van der Waals surface area contributed by atoms with Crippen LogP contribution in [-0.4, -0.2) is 63.2 Å². The molecule has 0 saturated carbocycles. The largest absolute Gasteiger partial charge is 0.378 e. The van der Waals surface area contributed by atoms with Crippen LogP contribution < -0.4 is 15.1 Å². The smallest absolute Gasteiger partial charge is 0.196 e. The van der Waals surface area contributed by atoms with Crippen molar-refractivity contribution < 1.29 is 9.32 Å². The van der Waals surface area contributed by atoms with Crippen LogP contribution in [0.5, 0.6) is 0 Å². The summed E-state index contributed by atoms with van der Waals surface area (Å²) in [4.78, 5) is 20.5. The van der Waals surface area contributed by atoms with Gasteiger partial charge in [0.25, 0.3) is 0 Å². The first-order valence-corrected chi connectivity index (χ1v) is 11.6. The lowest BCUT2D eigenvalue weighted by molar-refractivity contribution is 0.104. The number of aromatic nitrogens is 1. The number of carbonyl (C=O) groups excluding carboxylic acids is 1. The number of nitrogens with zero attached hydrogens (tertiary/aromatic N) is 4. The zero-order valence-corrected chi connectivity index (χ0v) is 19.6. The normalized spacial score (nSPS) is 15.5. The Labute approximate surface area is 198 Å². The highest BCUT2D eigenvalue weighted by Crippen LogP contribution is 2.46. The third kappa shape index (κ3) is 3.23. The molecule has 0 bridgehead atoms. The zero-order chi connectivity index (χ0) is 23.4. The number of piperazine rings is 1. The van der Waals surface area contributed by atoms with Gasteiger partial charge in [-0.25, -0.2) is 0 Å². The number of nitrogens with one attached hydrogen (secondary N) is 1. The molecule has 0 spiro atoms. The van der Waals surface area contributed by atoms with Crippen molar-refractivity contribution in [1.82, 2.24) is 10.1 Å². The van der Waals surface area contributed by atoms with Gasteiger partial charge >= 0.3 is 0 Å². The number of ketones is 1. The van der Waals surface area contributed by atoms with Crippen LogP contribution in [0.1, 0.15) is 15.9 Å². The molecule has 3 aromatic carbocycles. The topological polar surface area (TPSA) is 64.8 Å². The van der Waals surface area contributed by atoms with Crippen molar-refractivity contribution in [3.05, 3.63) is 65.7 Å². The second-order valence-corrected chi connectivity index (χ2v) is 9.28. The molecular formula is C27H27N5O2. The van der Waals surface area contributed by atoms with Gasteiger partial charge in [0, 0.05) is 62.8 Å². The minimum absolute atomic E-state index is 0.00589. The molecule has 7 heteroatoms. The lowest BCUT2D eigenvalue weighted by Gasteiger charge is -2.34. The average molecular weight is 454 g/mol. The lowest BCUT2D eigenvalue weighted by Crippen LogP contribution is -2.44. The molecule has 1 fully saturated rings. The summed E-state index contributed by atoms with van der Waals surface area (Å²) in [5.74, 6) is 0.663. The average Bonchev–Trinajstić information content (AvgIpc) is 3.29. The van der Waals surface area contributed by atoms with Gasteiger partial charge in [-0.1, -0.05) is 29.4 Å². The Morgan fingerprint density at radius 1 is 0.971 bits per heavy atom. The maximum atomic E-state index is 13.7. The summed E-state index contributed by atoms with van der Waals surface area (Å²) < 4.78 is 5.90. The monoisotopic (exact) mass is 453 g/mol. The molecule has 2 aliphatic rings. The molecule has 2 heterocycles. The summed E-state index contributed by atoms with van der Waals surface area (Å²) in [6.45, 7) is 3.75. The van der Waals surface area contributed by atoms with Crippen LogP contribution in [0.2, 0.25) is 0 Å². The Bertz CT molecular complexity index is 1400. The number of benzene rings is 3. The molecule has 0 amide bonds. The van der Waals surface area contributed by atoms with Crippen molar-refractivity contribution in [2.45, 2.75) is 0 Å². The minimum Gasteiger partial charge on any atom is -0.378 e. The number of hydrogen-bond donors (Lipinski definition) is 1. The number of likely N-dealkylation sites (N-methyl/N-ethyl adjacent to an activating group) is 1. The molecular weight excluding hydrogens is 426 g/mol. The van der Waals surface area contributed by atoms with Crippen LogP contribution in [0, 0.1) is 0 Å². The van der Waals surface area contributed by atoms with E-state index in [4.69, 9.17) is 4.52 Å². The van der Waals surface area contributed by atoms with Gasteiger partial charge in [-0.3, -0.25) is 4.79 Å². The van der Waals surface area contributed by atoms with E-state index in [1.165, 1.54) is 0 Å². The van der Waals surface area contributed by atoms with Gasteiger partial charge in [0.2, 0.25) is 0 Å². The van der Waals surface area contributed by atoms with Crippen molar-refractivity contribution in [3.63, 3.8) is 0 Å². The molecule has 4 aromatic rings. The van der Waals surface area contributed by atoms with Crippen LogP contribution in [0.25, 0.3) is 22.2 Å². The van der Waals surface area contributed by atoms with Gasteiger partial charge in [-0.15, -0.1) is 0 Å². The van der Waals surface area contributed by atoms with E-state index in [9.17, 15) is 4.79 Å². The fourth-order valence-electron chi connectivity index (χ4n) is 4.93. The van der Waals surface area contributed by atoms with Gasteiger partial charge in [0.05, 0.1) is 22.3 Å². The Morgan fingerprint density at radius 3 is 2.38 bits per heavy atom. The van der Waals surface area contributed by atoms with Gasteiger partial charge < -0.3 is 24.5 Å². The predicted molar refractivity (Wildman–Crippen MR) is 137 cm³/mol. The maximum absolute atomic E-state index is 13.7. The highest BCUT2D eigenvalue weighted by Gasteiger charge is 2.34. The third-order valence-electron chi connectivity index (χ3n) is 6.89. The van der Waals surface area contributed by atoms with Crippen LogP contribution in [0.3, 0.4) is 0 Å². The first-order chi connectivity index (χ1) is 16.5. The van der Waals surface area contributed by atoms with Gasteiger partial charge in [0.1, 0.15) is 5.52 Å². The van der Waals surface area contributed by atoms with Crippen molar-refractivity contribution in [3.8, 4) is 11.3 Å². The number of rotatable bonds is 4. The van der Waals surface area contributed by atoms with Crippen LogP contribution in [0.15, 0.2) is 59.1 Å². The highest BCUT2D eigenvalue weighted by molar-refractivity contribution is 6.28. The molecule has 1 N–H and O–H groups in total. The van der Waals surface area contributed by atoms with E-state index in [-0.39, 0.29) is 5.78 Å². The number of anilines is 4. The molecule has 1 aromatic heterocycles. The fraction of sp³-hybridized carbons (Fsp3) is 0.259. The third-order valence-corrected chi connectivity index (χ3v) is 6.89. The van der Waals surface area contributed by atoms with E-state index >= 15 is 0 Å². The van der Waals surface area contributed by atoms with Gasteiger partial charge in [0.15, 0.2) is 11.5 Å². The van der Waals surface area contributed by atoms with Crippen molar-refractivity contribution in [2.24, 2.45) is 0 Å². The molecule has 1 aliphatic carbocycles. The molecule has 6 rings (SSSR count). The number of carbonyl (C=O) groups is 1. The molecule has 0 atom stereocenters. The van der Waals surface area contributed by atoms with E-state index < -0.39 is 0 Å². The second kappa shape index (κ2) is 7.88. The zero-order valence-electron chi connectivity index (χ0n) is 19.6. The molecule has 34 heavy (non-hydrogen) atoms. The van der Waals surface area contributed by atoms with Crippen molar-refractivity contribution >= 4 is 39.4 Å². The molecule has 0 radical (unpaired) electrons. The van der Waals surface area contributed by atoms with Crippen molar-refractivity contribution in [2.75, 3.05) is 62.4 Å². The molecule has 172 valence electrons. The fourth-order valence-corrected chi connectivity index (χ4v) is 4.93. The highest BCUT2D eigenvalue weighted by atomic mass is 16.5. The summed E-state index contributed by atoms with van der Waals surface area (Å²) >= 11 is 0.